The molecule has 120 valence electrons. The number of ether oxygens (including phenoxy) is 1. The van der Waals surface area contributed by atoms with Crippen molar-refractivity contribution in [3.8, 4) is 5.69 Å². The van der Waals surface area contributed by atoms with Gasteiger partial charge in [0.1, 0.15) is 0 Å². The van der Waals surface area contributed by atoms with Crippen LogP contribution in [0.1, 0.15) is 18.3 Å². The van der Waals surface area contributed by atoms with Gasteiger partial charge in [0.15, 0.2) is 6.61 Å². The molecule has 23 heavy (non-hydrogen) atoms. The molecule has 1 N–H and O–H groups in total. The van der Waals surface area contributed by atoms with Gasteiger partial charge in [0.25, 0.3) is 5.91 Å². The minimum atomic E-state index is -0.545. The minimum Gasteiger partial charge on any atom is -0.452 e. The molecule has 0 aliphatic carbocycles. The Balaban J connectivity index is 2.10. The number of nitrogens with one attached hydrogen (secondary N) is 1. The first-order valence-electron chi connectivity index (χ1n) is 7.24. The van der Waals surface area contributed by atoms with Crippen LogP contribution in [0.5, 0.6) is 0 Å². The summed E-state index contributed by atoms with van der Waals surface area (Å²) in [4.78, 5) is 23.1. The average molecular weight is 313 g/mol. The van der Waals surface area contributed by atoms with Crippen LogP contribution in [0.25, 0.3) is 5.69 Å². The molecule has 2 aromatic rings. The molecule has 6 nitrogen and oxygen atoms in total. The molecule has 0 unspecified atom stereocenters. The van der Waals surface area contributed by atoms with Gasteiger partial charge < -0.3 is 10.1 Å². The highest BCUT2D eigenvalue weighted by atomic mass is 16.5. The second-order valence-corrected chi connectivity index (χ2v) is 4.95. The van der Waals surface area contributed by atoms with Crippen molar-refractivity contribution < 1.29 is 14.3 Å². The zero-order chi connectivity index (χ0) is 16.8. The molecule has 1 aromatic carbocycles. The summed E-state index contributed by atoms with van der Waals surface area (Å²) in [6.07, 6.45) is 2.82. The molecule has 2 rings (SSSR count). The molecule has 1 aromatic heterocycles. The van der Waals surface area contributed by atoms with Crippen molar-refractivity contribution >= 4 is 17.6 Å². The van der Waals surface area contributed by atoms with E-state index in [1.54, 1.807) is 17.7 Å². The lowest BCUT2D eigenvalue weighted by atomic mass is 10.3. The van der Waals surface area contributed by atoms with Crippen molar-refractivity contribution in [3.05, 3.63) is 53.9 Å². The Morgan fingerprint density at radius 3 is 2.61 bits per heavy atom. The zero-order valence-electron chi connectivity index (χ0n) is 13.4. The summed E-state index contributed by atoms with van der Waals surface area (Å²) in [6.45, 7) is 5.05. The zero-order valence-corrected chi connectivity index (χ0v) is 13.4. The van der Waals surface area contributed by atoms with Crippen molar-refractivity contribution in [1.82, 2.24) is 9.78 Å². The van der Waals surface area contributed by atoms with E-state index >= 15 is 0 Å². The number of nitrogens with zero attached hydrogens (tertiary/aromatic N) is 2. The lowest BCUT2D eigenvalue weighted by molar-refractivity contribution is -0.142. The maximum atomic E-state index is 11.9. The quantitative estimate of drug-likeness (QED) is 0.680. The number of benzene rings is 1. The molecular formula is C17H19N3O3. The number of carbonyl (C=O) groups excluding carboxylic acids is 2. The molecule has 1 amide bonds. The maximum absolute atomic E-state index is 11.9. The number of hydrogen-bond donors (Lipinski definition) is 1. The number of rotatable bonds is 5. The summed E-state index contributed by atoms with van der Waals surface area (Å²) in [5.41, 5.74) is 3.04. The van der Waals surface area contributed by atoms with E-state index in [1.165, 1.54) is 6.08 Å². The van der Waals surface area contributed by atoms with Gasteiger partial charge in [-0.15, -0.1) is 0 Å². The van der Waals surface area contributed by atoms with Gasteiger partial charge in [-0.3, -0.25) is 4.79 Å². The van der Waals surface area contributed by atoms with Gasteiger partial charge in [-0.05, 0) is 32.9 Å². The van der Waals surface area contributed by atoms with E-state index in [0.29, 0.717) is 11.4 Å². The van der Waals surface area contributed by atoms with Gasteiger partial charge in [-0.1, -0.05) is 24.3 Å². The molecule has 0 aliphatic rings. The Kier molecular flexibility index (Phi) is 5.30. The van der Waals surface area contributed by atoms with Crippen LogP contribution in [0.2, 0.25) is 0 Å². The predicted octanol–water partition coefficient (Wildman–Crippen LogP) is 2.55. The summed E-state index contributed by atoms with van der Waals surface area (Å²) in [7, 11) is 0. The molecule has 0 spiro atoms. The van der Waals surface area contributed by atoms with Crippen LogP contribution in [-0.4, -0.2) is 28.3 Å². The van der Waals surface area contributed by atoms with Crippen molar-refractivity contribution in [2.24, 2.45) is 0 Å². The largest absolute Gasteiger partial charge is 0.452 e. The van der Waals surface area contributed by atoms with E-state index in [2.05, 4.69) is 10.4 Å². The fourth-order valence-electron chi connectivity index (χ4n) is 2.14. The van der Waals surface area contributed by atoms with Crippen LogP contribution in [0.15, 0.2) is 42.5 Å². The predicted molar refractivity (Wildman–Crippen MR) is 87.4 cm³/mol. The Hall–Kier alpha value is -2.89. The highest BCUT2D eigenvalue weighted by molar-refractivity contribution is 5.94. The van der Waals surface area contributed by atoms with Crippen LogP contribution in [0.4, 0.5) is 5.69 Å². The number of allylic oxidation sites excluding steroid dienone is 1. The molecule has 6 heteroatoms. The topological polar surface area (TPSA) is 73.2 Å². The summed E-state index contributed by atoms with van der Waals surface area (Å²) in [6, 6.07) is 9.64. The summed E-state index contributed by atoms with van der Waals surface area (Å²) in [5, 5.41) is 7.18. The first kappa shape index (κ1) is 16.5. The second-order valence-electron chi connectivity index (χ2n) is 4.95. The summed E-state index contributed by atoms with van der Waals surface area (Å²) >= 11 is 0. The molecule has 0 fully saturated rings. The van der Waals surface area contributed by atoms with Gasteiger partial charge in [0, 0.05) is 6.08 Å². The van der Waals surface area contributed by atoms with Crippen LogP contribution in [-0.2, 0) is 14.3 Å². The molecule has 0 radical (unpaired) electrons. The van der Waals surface area contributed by atoms with Crippen molar-refractivity contribution in [2.75, 3.05) is 11.9 Å². The molecule has 0 atom stereocenters. The Morgan fingerprint density at radius 1 is 1.26 bits per heavy atom. The fourth-order valence-corrected chi connectivity index (χ4v) is 2.14. The van der Waals surface area contributed by atoms with Crippen LogP contribution >= 0.6 is 0 Å². The highest BCUT2D eigenvalue weighted by Crippen LogP contribution is 2.22. The molecular weight excluding hydrogens is 294 g/mol. The van der Waals surface area contributed by atoms with Crippen LogP contribution in [0, 0.1) is 13.8 Å². The molecule has 0 bridgehead atoms. The molecule has 0 saturated carbocycles. The Labute approximate surface area is 134 Å². The normalized spacial score (nSPS) is 10.7. The van der Waals surface area contributed by atoms with Crippen molar-refractivity contribution in [2.45, 2.75) is 20.8 Å². The number of aryl methyl sites for hydroxylation is 1. The minimum absolute atomic E-state index is 0.335. The second kappa shape index (κ2) is 7.40. The van der Waals surface area contributed by atoms with Crippen LogP contribution < -0.4 is 5.32 Å². The monoisotopic (exact) mass is 313 g/mol. The highest BCUT2D eigenvalue weighted by Gasteiger charge is 2.15. The van der Waals surface area contributed by atoms with Crippen molar-refractivity contribution in [1.29, 1.82) is 0 Å². The fraction of sp³-hybridized carbons (Fsp3) is 0.235. The van der Waals surface area contributed by atoms with Gasteiger partial charge in [0.2, 0.25) is 0 Å². The Morgan fingerprint density at radius 2 is 1.96 bits per heavy atom. The number of carbonyl (C=O) groups is 2. The van der Waals surface area contributed by atoms with Gasteiger partial charge in [-0.2, -0.15) is 5.10 Å². The number of anilines is 1. The first-order valence-corrected chi connectivity index (χ1v) is 7.24. The van der Waals surface area contributed by atoms with E-state index in [-0.39, 0.29) is 6.61 Å². The van der Waals surface area contributed by atoms with Gasteiger partial charge >= 0.3 is 5.97 Å². The van der Waals surface area contributed by atoms with E-state index in [9.17, 15) is 9.59 Å². The maximum Gasteiger partial charge on any atom is 0.330 e. The first-order chi connectivity index (χ1) is 11.0. The lowest BCUT2D eigenvalue weighted by Gasteiger charge is -2.07. The molecule has 1 heterocycles. The third-order valence-electron chi connectivity index (χ3n) is 3.20. The summed E-state index contributed by atoms with van der Waals surface area (Å²) < 4.78 is 6.58. The number of amides is 1. The SMILES string of the molecule is C/C=C/C(=O)OCC(=O)Nc1c(C)nn(-c2ccccc2)c1C. The standard InChI is InChI=1S/C17H19N3O3/c1-4-8-16(22)23-11-15(21)18-17-12(2)19-20(13(17)3)14-9-6-5-7-10-14/h4-10H,11H2,1-3H3,(H,18,21)/b8-4+. The number of aromatic nitrogens is 2. The third-order valence-corrected chi connectivity index (χ3v) is 3.20. The number of para-hydroxylation sites is 1. The lowest BCUT2D eigenvalue weighted by Crippen LogP contribution is -2.20. The average Bonchev–Trinajstić information content (AvgIpc) is 2.82. The number of esters is 1. The smallest absolute Gasteiger partial charge is 0.330 e. The van der Waals surface area contributed by atoms with E-state index < -0.39 is 11.9 Å². The number of hydrogen-bond acceptors (Lipinski definition) is 4. The van der Waals surface area contributed by atoms with Gasteiger partial charge in [-0.25, -0.2) is 9.48 Å². The Bertz CT molecular complexity index is 733. The van der Waals surface area contributed by atoms with E-state index in [1.807, 2.05) is 44.2 Å². The third kappa shape index (κ3) is 4.06. The van der Waals surface area contributed by atoms with Crippen molar-refractivity contribution in [3.63, 3.8) is 0 Å². The molecule has 0 saturated heterocycles. The van der Waals surface area contributed by atoms with Gasteiger partial charge in [0.05, 0.1) is 22.8 Å². The van der Waals surface area contributed by atoms with E-state index in [0.717, 1.165) is 11.4 Å². The summed E-state index contributed by atoms with van der Waals surface area (Å²) in [5.74, 6) is -0.947. The van der Waals surface area contributed by atoms with Crippen LogP contribution in [0.3, 0.4) is 0 Å². The van der Waals surface area contributed by atoms with E-state index in [4.69, 9.17) is 4.74 Å². The molecule has 0 aliphatic heterocycles.